The summed E-state index contributed by atoms with van der Waals surface area (Å²) >= 11 is 1.42. The molecule has 2 heterocycles. The SMILES string of the molecule is N#Cc1cccc(CN2C(=O)C3(SCCN3C(=O)C3CCC3)c3cc(F)ccc32)c1. The van der Waals surface area contributed by atoms with Gasteiger partial charge in [-0.25, -0.2) is 4.39 Å². The molecule has 1 saturated heterocycles. The molecule has 152 valence electrons. The van der Waals surface area contributed by atoms with Gasteiger partial charge in [0.15, 0.2) is 4.87 Å². The summed E-state index contributed by atoms with van der Waals surface area (Å²) in [5, 5.41) is 9.19. The first-order valence-corrected chi connectivity index (χ1v) is 11.1. The summed E-state index contributed by atoms with van der Waals surface area (Å²) in [6, 6.07) is 13.6. The third-order valence-corrected chi connectivity index (χ3v) is 7.69. The molecule has 1 atom stereocenters. The van der Waals surface area contributed by atoms with E-state index in [0.717, 1.165) is 24.8 Å². The van der Waals surface area contributed by atoms with Gasteiger partial charge in [0.1, 0.15) is 5.82 Å². The van der Waals surface area contributed by atoms with Crippen molar-refractivity contribution >= 4 is 29.3 Å². The summed E-state index contributed by atoms with van der Waals surface area (Å²) in [7, 11) is 0. The number of hydrogen-bond donors (Lipinski definition) is 0. The fourth-order valence-corrected chi connectivity index (χ4v) is 6.02. The maximum absolute atomic E-state index is 14.3. The van der Waals surface area contributed by atoms with Crippen LogP contribution in [0, 0.1) is 23.1 Å². The van der Waals surface area contributed by atoms with E-state index in [1.165, 1.54) is 23.9 Å². The Morgan fingerprint density at radius 3 is 2.83 bits per heavy atom. The molecular formula is C23H20FN3O2S. The van der Waals surface area contributed by atoms with Gasteiger partial charge in [0.2, 0.25) is 5.91 Å². The average Bonchev–Trinajstić information content (AvgIpc) is 3.24. The predicted molar refractivity (Wildman–Crippen MR) is 112 cm³/mol. The lowest BCUT2D eigenvalue weighted by Gasteiger charge is -2.37. The third kappa shape index (κ3) is 2.74. The number of halogens is 1. The van der Waals surface area contributed by atoms with Crippen molar-refractivity contribution < 1.29 is 14.0 Å². The fourth-order valence-electron chi connectivity index (χ4n) is 4.56. The van der Waals surface area contributed by atoms with Crippen molar-refractivity contribution in [3.05, 3.63) is 65.0 Å². The van der Waals surface area contributed by atoms with E-state index in [4.69, 9.17) is 0 Å². The number of nitrogens with zero attached hydrogens (tertiary/aromatic N) is 3. The molecule has 2 aliphatic heterocycles. The largest absolute Gasteiger partial charge is 0.315 e. The van der Waals surface area contributed by atoms with Gasteiger partial charge in [-0.05, 0) is 48.7 Å². The van der Waals surface area contributed by atoms with Crippen molar-refractivity contribution in [3.8, 4) is 6.07 Å². The zero-order chi connectivity index (χ0) is 20.9. The molecule has 0 bridgehead atoms. The Morgan fingerprint density at radius 1 is 1.27 bits per heavy atom. The van der Waals surface area contributed by atoms with Gasteiger partial charge in [0.25, 0.3) is 5.91 Å². The number of carbonyl (C=O) groups is 2. The lowest BCUT2D eigenvalue weighted by atomic mass is 9.84. The Morgan fingerprint density at radius 2 is 2.10 bits per heavy atom. The first-order valence-electron chi connectivity index (χ1n) is 10.1. The maximum Gasteiger partial charge on any atom is 0.268 e. The molecule has 1 unspecified atom stereocenters. The highest BCUT2D eigenvalue weighted by molar-refractivity contribution is 8.01. The van der Waals surface area contributed by atoms with Crippen LogP contribution in [0.4, 0.5) is 10.1 Å². The number of carbonyl (C=O) groups excluding carboxylic acids is 2. The Bertz CT molecular complexity index is 1090. The predicted octanol–water partition coefficient (Wildman–Crippen LogP) is 3.77. The Labute approximate surface area is 178 Å². The molecule has 7 heteroatoms. The van der Waals surface area contributed by atoms with Gasteiger partial charge in [-0.3, -0.25) is 9.59 Å². The molecule has 1 spiro atoms. The van der Waals surface area contributed by atoms with Crippen molar-refractivity contribution in [3.63, 3.8) is 0 Å². The standard InChI is InChI=1S/C23H20FN3O2S/c24-18-7-8-20-19(12-18)23(27(9-10-30-23)21(28)17-5-2-6-17)22(29)26(20)14-16-4-1-3-15(11-16)13-25/h1,3-4,7-8,11-12,17H,2,5-6,9-10,14H2. The van der Waals surface area contributed by atoms with E-state index in [9.17, 15) is 19.2 Å². The molecule has 2 fully saturated rings. The van der Waals surface area contributed by atoms with Crippen LogP contribution < -0.4 is 4.90 Å². The van der Waals surface area contributed by atoms with Crippen molar-refractivity contribution in [2.24, 2.45) is 5.92 Å². The van der Waals surface area contributed by atoms with Gasteiger partial charge in [-0.2, -0.15) is 5.26 Å². The van der Waals surface area contributed by atoms with E-state index in [2.05, 4.69) is 6.07 Å². The number of anilines is 1. The van der Waals surface area contributed by atoms with Crippen LogP contribution in [0.25, 0.3) is 0 Å². The summed E-state index contributed by atoms with van der Waals surface area (Å²) in [4.78, 5) is 29.1. The van der Waals surface area contributed by atoms with E-state index >= 15 is 0 Å². The molecule has 2 aromatic rings. The molecule has 0 aromatic heterocycles. The number of hydrogen-bond acceptors (Lipinski definition) is 4. The normalized spacial score (nSPS) is 22.9. The summed E-state index contributed by atoms with van der Waals surface area (Å²) in [6.07, 6.45) is 2.74. The van der Waals surface area contributed by atoms with Crippen LogP contribution in [-0.4, -0.2) is 29.0 Å². The van der Waals surface area contributed by atoms with Crippen molar-refractivity contribution in [1.29, 1.82) is 5.26 Å². The molecule has 30 heavy (non-hydrogen) atoms. The van der Waals surface area contributed by atoms with E-state index < -0.39 is 10.7 Å². The zero-order valence-corrected chi connectivity index (χ0v) is 17.1. The van der Waals surface area contributed by atoms with Gasteiger partial charge in [0.05, 0.1) is 23.9 Å². The van der Waals surface area contributed by atoms with Crippen LogP contribution in [0.3, 0.4) is 0 Å². The van der Waals surface area contributed by atoms with E-state index in [-0.39, 0.29) is 24.3 Å². The molecule has 5 nitrogen and oxygen atoms in total. The second-order valence-corrected chi connectivity index (χ2v) is 9.26. The number of fused-ring (bicyclic) bond motifs is 2. The molecule has 1 aliphatic carbocycles. The Hall–Kier alpha value is -2.85. The zero-order valence-electron chi connectivity index (χ0n) is 16.3. The second-order valence-electron chi connectivity index (χ2n) is 7.98. The highest BCUT2D eigenvalue weighted by atomic mass is 32.2. The molecular weight excluding hydrogens is 401 g/mol. The van der Waals surface area contributed by atoms with E-state index in [0.29, 0.717) is 29.1 Å². The lowest BCUT2D eigenvalue weighted by Crippen LogP contribution is -2.52. The molecule has 3 aliphatic rings. The van der Waals surface area contributed by atoms with Gasteiger partial charge in [-0.1, -0.05) is 18.6 Å². The van der Waals surface area contributed by atoms with Crippen LogP contribution in [0.15, 0.2) is 42.5 Å². The molecule has 2 amide bonds. The topological polar surface area (TPSA) is 64.4 Å². The summed E-state index contributed by atoms with van der Waals surface area (Å²) in [6.45, 7) is 0.750. The smallest absolute Gasteiger partial charge is 0.268 e. The van der Waals surface area contributed by atoms with Gasteiger partial charge in [-0.15, -0.1) is 11.8 Å². The first-order chi connectivity index (χ1) is 14.5. The second kappa shape index (κ2) is 7.13. The van der Waals surface area contributed by atoms with Gasteiger partial charge < -0.3 is 9.80 Å². The molecule has 5 rings (SSSR count). The number of nitriles is 1. The molecule has 0 N–H and O–H groups in total. The number of thioether (sulfide) groups is 1. The number of rotatable bonds is 3. The van der Waals surface area contributed by atoms with E-state index in [1.807, 2.05) is 6.07 Å². The number of benzene rings is 2. The Kier molecular flexibility index (Phi) is 4.55. The van der Waals surface area contributed by atoms with Crippen molar-refractivity contribution in [2.45, 2.75) is 30.7 Å². The lowest BCUT2D eigenvalue weighted by molar-refractivity contribution is -0.145. The minimum atomic E-state index is -1.20. The summed E-state index contributed by atoms with van der Waals surface area (Å²) in [5.41, 5.74) is 2.52. The Balaban J connectivity index is 1.58. The molecule has 1 saturated carbocycles. The minimum absolute atomic E-state index is 0.00291. The highest BCUT2D eigenvalue weighted by Crippen LogP contribution is 2.55. The quantitative estimate of drug-likeness (QED) is 0.757. The van der Waals surface area contributed by atoms with Gasteiger partial charge >= 0.3 is 0 Å². The summed E-state index contributed by atoms with van der Waals surface area (Å²) in [5.74, 6) is -0.0222. The maximum atomic E-state index is 14.3. The van der Waals surface area contributed by atoms with Gasteiger partial charge in [0, 0.05) is 23.8 Å². The summed E-state index contributed by atoms with van der Waals surface area (Å²) < 4.78 is 14.3. The highest BCUT2D eigenvalue weighted by Gasteiger charge is 2.60. The van der Waals surface area contributed by atoms with Crippen molar-refractivity contribution in [1.82, 2.24) is 4.90 Å². The first kappa shape index (κ1) is 19.1. The number of amides is 2. The fraction of sp³-hybridized carbons (Fsp3) is 0.348. The van der Waals surface area contributed by atoms with Crippen LogP contribution in [0.1, 0.15) is 36.0 Å². The van der Waals surface area contributed by atoms with Crippen LogP contribution in [-0.2, 0) is 21.0 Å². The van der Waals surface area contributed by atoms with Crippen LogP contribution >= 0.6 is 11.8 Å². The molecule has 2 aromatic carbocycles. The monoisotopic (exact) mass is 421 g/mol. The molecule has 0 radical (unpaired) electrons. The average molecular weight is 421 g/mol. The van der Waals surface area contributed by atoms with E-state index in [1.54, 1.807) is 34.1 Å². The van der Waals surface area contributed by atoms with Crippen LogP contribution in [0.5, 0.6) is 0 Å². The van der Waals surface area contributed by atoms with Crippen LogP contribution in [0.2, 0.25) is 0 Å². The third-order valence-electron chi connectivity index (χ3n) is 6.27. The minimum Gasteiger partial charge on any atom is -0.315 e. The van der Waals surface area contributed by atoms with Crippen molar-refractivity contribution in [2.75, 3.05) is 17.2 Å².